The summed E-state index contributed by atoms with van der Waals surface area (Å²) in [5.74, 6) is -1.25. The van der Waals surface area contributed by atoms with Crippen LogP contribution in [0.1, 0.15) is 16.7 Å². The number of hydrogen-bond donors (Lipinski definition) is 3. The van der Waals surface area contributed by atoms with Gasteiger partial charge in [0.15, 0.2) is 6.61 Å². The second-order valence-corrected chi connectivity index (χ2v) is 5.82. The summed E-state index contributed by atoms with van der Waals surface area (Å²) in [5.41, 5.74) is 3.16. The van der Waals surface area contributed by atoms with E-state index in [1.165, 1.54) is 12.1 Å². The molecule has 26 heavy (non-hydrogen) atoms. The van der Waals surface area contributed by atoms with Crippen molar-refractivity contribution in [3.63, 3.8) is 0 Å². The van der Waals surface area contributed by atoms with Gasteiger partial charge in [-0.25, -0.2) is 4.79 Å². The number of esters is 1. The van der Waals surface area contributed by atoms with Crippen molar-refractivity contribution in [2.45, 2.75) is 20.3 Å². The van der Waals surface area contributed by atoms with E-state index in [0.29, 0.717) is 11.3 Å². The largest absolute Gasteiger partial charge is 0.508 e. The quantitative estimate of drug-likeness (QED) is 0.714. The Morgan fingerprint density at radius 1 is 1.04 bits per heavy atom. The summed E-state index contributed by atoms with van der Waals surface area (Å²) >= 11 is 0. The van der Waals surface area contributed by atoms with Gasteiger partial charge in [0.25, 0.3) is 5.91 Å². The van der Waals surface area contributed by atoms with Gasteiger partial charge in [0.1, 0.15) is 5.75 Å². The number of urea groups is 1. The maximum absolute atomic E-state index is 11.8. The fourth-order valence-electron chi connectivity index (χ4n) is 2.25. The van der Waals surface area contributed by atoms with Crippen molar-refractivity contribution in [1.82, 2.24) is 5.32 Å². The number of nitrogens with one attached hydrogen (secondary N) is 2. The number of phenolic OH excluding ortho intramolecular Hbond substituents is 1. The van der Waals surface area contributed by atoms with E-state index < -0.39 is 24.5 Å². The lowest BCUT2D eigenvalue weighted by molar-refractivity contribution is -0.147. The number of phenols is 1. The van der Waals surface area contributed by atoms with Crippen LogP contribution in [0.5, 0.6) is 5.75 Å². The zero-order chi connectivity index (χ0) is 19.1. The van der Waals surface area contributed by atoms with Gasteiger partial charge in [0, 0.05) is 5.69 Å². The van der Waals surface area contributed by atoms with Gasteiger partial charge in [0.05, 0.1) is 6.42 Å². The molecule has 3 N–H and O–H groups in total. The van der Waals surface area contributed by atoms with Gasteiger partial charge in [-0.1, -0.05) is 29.8 Å². The predicted octanol–water partition coefficient (Wildman–Crippen LogP) is 2.44. The van der Waals surface area contributed by atoms with Crippen LogP contribution in [0.15, 0.2) is 42.5 Å². The normalized spacial score (nSPS) is 10.1. The number of ether oxygens (including phenoxy) is 1. The SMILES string of the molecule is Cc1ccc(NC(=O)NC(=O)COC(=O)Cc2ccc(O)cc2)c(C)c1. The molecule has 136 valence electrons. The molecule has 7 heteroatoms. The second-order valence-electron chi connectivity index (χ2n) is 5.82. The lowest BCUT2D eigenvalue weighted by Gasteiger charge is -2.10. The van der Waals surface area contributed by atoms with E-state index in [1.54, 1.807) is 18.2 Å². The highest BCUT2D eigenvalue weighted by Gasteiger charge is 2.12. The maximum Gasteiger partial charge on any atom is 0.325 e. The number of carbonyl (C=O) groups excluding carboxylic acids is 3. The number of aromatic hydroxyl groups is 1. The zero-order valence-corrected chi connectivity index (χ0v) is 14.5. The molecule has 0 spiro atoms. The Morgan fingerprint density at radius 3 is 2.38 bits per heavy atom. The van der Waals surface area contributed by atoms with Crippen molar-refractivity contribution in [1.29, 1.82) is 0 Å². The average molecular weight is 356 g/mol. The summed E-state index contributed by atoms with van der Waals surface area (Å²) in [6.07, 6.45) is -0.0394. The van der Waals surface area contributed by atoms with E-state index in [0.717, 1.165) is 11.1 Å². The number of carbonyl (C=O) groups is 3. The first-order valence-electron chi connectivity index (χ1n) is 7.95. The molecule has 0 aliphatic carbocycles. The highest BCUT2D eigenvalue weighted by molar-refractivity contribution is 6.02. The Morgan fingerprint density at radius 2 is 1.73 bits per heavy atom. The van der Waals surface area contributed by atoms with Gasteiger partial charge >= 0.3 is 12.0 Å². The topological polar surface area (TPSA) is 105 Å². The maximum atomic E-state index is 11.8. The number of rotatable bonds is 5. The summed E-state index contributed by atoms with van der Waals surface area (Å²) in [7, 11) is 0. The molecule has 0 unspecified atom stereocenters. The van der Waals surface area contributed by atoms with Gasteiger partial charge in [-0.3, -0.25) is 14.9 Å². The summed E-state index contributed by atoms with van der Waals surface area (Å²) in [4.78, 5) is 35.2. The van der Waals surface area contributed by atoms with E-state index in [9.17, 15) is 19.5 Å². The monoisotopic (exact) mass is 356 g/mol. The Labute approximate surface area is 151 Å². The third-order valence-electron chi connectivity index (χ3n) is 3.53. The van der Waals surface area contributed by atoms with E-state index >= 15 is 0 Å². The van der Waals surface area contributed by atoms with Crippen LogP contribution in [0.2, 0.25) is 0 Å². The van der Waals surface area contributed by atoms with Crippen LogP contribution in [0, 0.1) is 13.8 Å². The molecule has 0 aliphatic rings. The van der Waals surface area contributed by atoms with Crippen molar-refractivity contribution in [2.75, 3.05) is 11.9 Å². The molecule has 0 saturated heterocycles. The van der Waals surface area contributed by atoms with E-state index in [4.69, 9.17) is 4.74 Å². The number of imide groups is 1. The van der Waals surface area contributed by atoms with Gasteiger partial charge < -0.3 is 15.2 Å². The third kappa shape index (κ3) is 5.94. The van der Waals surface area contributed by atoms with Gasteiger partial charge in [-0.2, -0.15) is 0 Å². The van der Waals surface area contributed by atoms with Crippen LogP contribution >= 0.6 is 0 Å². The lowest BCUT2D eigenvalue weighted by atomic mass is 10.1. The Hall–Kier alpha value is -3.35. The third-order valence-corrected chi connectivity index (χ3v) is 3.53. The summed E-state index contributed by atoms with van der Waals surface area (Å²) in [6.45, 7) is 3.22. The highest BCUT2D eigenvalue weighted by atomic mass is 16.5. The minimum Gasteiger partial charge on any atom is -0.508 e. The molecule has 2 aromatic rings. The molecule has 0 atom stereocenters. The fourth-order valence-corrected chi connectivity index (χ4v) is 2.25. The average Bonchev–Trinajstić information content (AvgIpc) is 2.58. The minimum atomic E-state index is -0.730. The van der Waals surface area contributed by atoms with E-state index in [2.05, 4.69) is 10.6 Å². The molecule has 0 heterocycles. The summed E-state index contributed by atoms with van der Waals surface area (Å²) in [5, 5.41) is 13.8. The van der Waals surface area contributed by atoms with Crippen molar-refractivity contribution in [3.05, 3.63) is 59.2 Å². The summed E-state index contributed by atoms with van der Waals surface area (Å²) in [6, 6.07) is 10.8. The second kappa shape index (κ2) is 8.66. The van der Waals surface area contributed by atoms with Crippen molar-refractivity contribution >= 4 is 23.6 Å². The lowest BCUT2D eigenvalue weighted by Crippen LogP contribution is -2.37. The molecule has 0 saturated carbocycles. The smallest absolute Gasteiger partial charge is 0.325 e. The van der Waals surface area contributed by atoms with Gasteiger partial charge in [-0.05, 0) is 43.2 Å². The first-order chi connectivity index (χ1) is 12.3. The zero-order valence-electron chi connectivity index (χ0n) is 14.5. The van der Waals surface area contributed by atoms with Crippen LogP contribution in [0.25, 0.3) is 0 Å². The van der Waals surface area contributed by atoms with Crippen LogP contribution in [-0.4, -0.2) is 29.6 Å². The Bertz CT molecular complexity index is 815. The number of anilines is 1. The van der Waals surface area contributed by atoms with Crippen molar-refractivity contribution in [3.8, 4) is 5.75 Å². The molecule has 2 rings (SSSR count). The van der Waals surface area contributed by atoms with E-state index in [-0.39, 0.29) is 12.2 Å². The summed E-state index contributed by atoms with van der Waals surface area (Å²) < 4.78 is 4.84. The molecular formula is C19H20N2O5. The number of aryl methyl sites for hydroxylation is 2. The van der Waals surface area contributed by atoms with Crippen molar-refractivity contribution < 1.29 is 24.2 Å². The van der Waals surface area contributed by atoms with Crippen LogP contribution in [-0.2, 0) is 20.7 Å². The van der Waals surface area contributed by atoms with Crippen LogP contribution < -0.4 is 10.6 Å². The molecular weight excluding hydrogens is 336 g/mol. The Balaban J connectivity index is 1.76. The van der Waals surface area contributed by atoms with Gasteiger partial charge in [-0.15, -0.1) is 0 Å². The molecule has 3 amide bonds. The molecule has 0 fully saturated rings. The molecule has 7 nitrogen and oxygen atoms in total. The molecule has 0 radical (unpaired) electrons. The van der Waals surface area contributed by atoms with Gasteiger partial charge in [0.2, 0.25) is 0 Å². The predicted molar refractivity (Wildman–Crippen MR) is 95.8 cm³/mol. The molecule has 0 aliphatic heterocycles. The van der Waals surface area contributed by atoms with Crippen LogP contribution in [0.3, 0.4) is 0 Å². The minimum absolute atomic E-state index is 0.0394. The molecule has 0 bridgehead atoms. The molecule has 0 aromatic heterocycles. The van der Waals surface area contributed by atoms with E-state index in [1.807, 2.05) is 26.0 Å². The fraction of sp³-hybridized carbons (Fsp3) is 0.211. The Kier molecular flexibility index (Phi) is 6.32. The number of amides is 3. The standard InChI is InChI=1S/C19H20N2O5/c1-12-3-8-16(13(2)9-12)20-19(25)21-17(23)11-26-18(24)10-14-4-6-15(22)7-5-14/h3-9,22H,10-11H2,1-2H3,(H2,20,21,23,25). The number of benzene rings is 2. The molecule has 2 aromatic carbocycles. The highest BCUT2D eigenvalue weighted by Crippen LogP contribution is 2.15. The first kappa shape index (κ1) is 19.0. The van der Waals surface area contributed by atoms with Crippen LogP contribution in [0.4, 0.5) is 10.5 Å². The van der Waals surface area contributed by atoms with Crippen molar-refractivity contribution in [2.24, 2.45) is 0 Å². The first-order valence-corrected chi connectivity index (χ1v) is 7.95. The number of hydrogen-bond acceptors (Lipinski definition) is 5.